The lowest BCUT2D eigenvalue weighted by Gasteiger charge is -2.32. The molecule has 2 saturated heterocycles. The van der Waals surface area contributed by atoms with Crippen LogP contribution in [-0.2, 0) is 9.53 Å². The maximum atomic E-state index is 13.5. The summed E-state index contributed by atoms with van der Waals surface area (Å²) in [6.45, 7) is 4.31. The molecule has 4 atom stereocenters. The zero-order valence-electron chi connectivity index (χ0n) is 12.0. The summed E-state index contributed by atoms with van der Waals surface area (Å²) in [5, 5.41) is 3.15. The number of amides is 1. The van der Waals surface area contributed by atoms with E-state index in [1.807, 2.05) is 6.92 Å². The minimum atomic E-state index is -0.906. The van der Waals surface area contributed by atoms with E-state index in [0.29, 0.717) is 12.2 Å². The Kier molecular flexibility index (Phi) is 3.67. The largest absolute Gasteiger partial charge is 0.376 e. The maximum absolute atomic E-state index is 13.5. The lowest BCUT2D eigenvalue weighted by molar-refractivity contribution is -0.133. The molecule has 2 fully saturated rings. The van der Waals surface area contributed by atoms with E-state index in [1.54, 1.807) is 11.8 Å². The molecule has 0 saturated carbocycles. The van der Waals surface area contributed by atoms with Crippen LogP contribution in [-0.4, -0.2) is 35.6 Å². The Bertz CT molecular complexity index is 567. The average molecular weight is 296 g/mol. The van der Waals surface area contributed by atoms with Gasteiger partial charge in [-0.05, 0) is 38.0 Å². The van der Waals surface area contributed by atoms with Gasteiger partial charge >= 0.3 is 0 Å². The number of halogens is 2. The fourth-order valence-electron chi connectivity index (χ4n) is 3.12. The van der Waals surface area contributed by atoms with Crippen molar-refractivity contribution in [2.75, 3.05) is 6.61 Å². The fourth-order valence-corrected chi connectivity index (χ4v) is 3.12. The van der Waals surface area contributed by atoms with Crippen molar-refractivity contribution in [3.8, 4) is 0 Å². The van der Waals surface area contributed by atoms with Crippen LogP contribution in [0, 0.1) is 11.6 Å². The Hall–Kier alpha value is -1.53. The molecule has 0 aliphatic carbocycles. The van der Waals surface area contributed by atoms with Gasteiger partial charge in [0.15, 0.2) is 11.6 Å². The first-order chi connectivity index (χ1) is 9.99. The van der Waals surface area contributed by atoms with Crippen molar-refractivity contribution in [2.45, 2.75) is 44.6 Å². The van der Waals surface area contributed by atoms with Gasteiger partial charge in [0.05, 0.1) is 18.2 Å². The van der Waals surface area contributed by atoms with Gasteiger partial charge in [-0.25, -0.2) is 8.78 Å². The number of carbonyl (C=O) groups is 1. The quantitative estimate of drug-likeness (QED) is 0.907. The molecular formula is C15H18F2N2O2. The third-order valence-electron chi connectivity index (χ3n) is 4.26. The zero-order chi connectivity index (χ0) is 15.1. The second-order valence-electron chi connectivity index (χ2n) is 5.64. The number of carbonyl (C=O) groups excluding carboxylic acids is 1. The number of hydrogen-bond donors (Lipinski definition) is 1. The van der Waals surface area contributed by atoms with Gasteiger partial charge in [-0.3, -0.25) is 10.1 Å². The summed E-state index contributed by atoms with van der Waals surface area (Å²) in [6, 6.07) is 3.34. The molecule has 1 amide bonds. The van der Waals surface area contributed by atoms with E-state index in [2.05, 4.69) is 5.32 Å². The topological polar surface area (TPSA) is 41.6 Å². The van der Waals surface area contributed by atoms with E-state index in [4.69, 9.17) is 4.74 Å². The fraction of sp³-hybridized carbons (Fsp3) is 0.533. The Balaban J connectivity index is 1.95. The summed E-state index contributed by atoms with van der Waals surface area (Å²) >= 11 is 0. The minimum Gasteiger partial charge on any atom is -0.376 e. The second kappa shape index (κ2) is 5.35. The molecular weight excluding hydrogens is 278 g/mol. The number of nitrogens with zero attached hydrogens (tertiary/aromatic N) is 1. The lowest BCUT2D eigenvalue weighted by Crippen LogP contribution is -2.43. The van der Waals surface area contributed by atoms with Crippen molar-refractivity contribution in [3.05, 3.63) is 35.4 Å². The predicted octanol–water partition coefficient (Wildman–Crippen LogP) is 1.96. The summed E-state index contributed by atoms with van der Waals surface area (Å²) < 4.78 is 32.1. The minimum absolute atomic E-state index is 0.0351. The van der Waals surface area contributed by atoms with Gasteiger partial charge in [-0.15, -0.1) is 0 Å². The Morgan fingerprint density at radius 3 is 2.67 bits per heavy atom. The molecule has 0 spiro atoms. The Morgan fingerprint density at radius 1 is 1.29 bits per heavy atom. The number of ether oxygens (including phenoxy) is 1. The molecule has 4 nitrogen and oxygen atoms in total. The molecule has 0 bridgehead atoms. The zero-order valence-corrected chi connectivity index (χ0v) is 12.0. The van der Waals surface area contributed by atoms with Crippen molar-refractivity contribution in [1.29, 1.82) is 0 Å². The van der Waals surface area contributed by atoms with E-state index in [1.165, 1.54) is 6.07 Å². The molecule has 21 heavy (non-hydrogen) atoms. The number of hydrogen-bond acceptors (Lipinski definition) is 3. The summed E-state index contributed by atoms with van der Waals surface area (Å²) in [7, 11) is 0. The Labute approximate surface area is 122 Å². The molecule has 3 rings (SSSR count). The molecule has 2 aliphatic rings. The monoisotopic (exact) mass is 296 g/mol. The van der Waals surface area contributed by atoms with Crippen LogP contribution in [0.5, 0.6) is 0 Å². The molecule has 1 aromatic rings. The van der Waals surface area contributed by atoms with Gasteiger partial charge in [0.2, 0.25) is 5.91 Å². The van der Waals surface area contributed by atoms with Crippen LogP contribution in [0.1, 0.15) is 32.0 Å². The van der Waals surface area contributed by atoms with Crippen LogP contribution in [0.15, 0.2) is 18.2 Å². The van der Waals surface area contributed by atoms with Gasteiger partial charge in [0.25, 0.3) is 0 Å². The van der Waals surface area contributed by atoms with Crippen LogP contribution in [0.2, 0.25) is 0 Å². The van der Waals surface area contributed by atoms with Gasteiger partial charge in [-0.2, -0.15) is 0 Å². The number of nitrogens with one attached hydrogen (secondary N) is 1. The highest BCUT2D eigenvalue weighted by Crippen LogP contribution is 2.33. The van der Waals surface area contributed by atoms with Gasteiger partial charge in [0, 0.05) is 6.61 Å². The van der Waals surface area contributed by atoms with Crippen molar-refractivity contribution in [2.24, 2.45) is 0 Å². The molecule has 6 heteroatoms. The van der Waals surface area contributed by atoms with Crippen LogP contribution >= 0.6 is 0 Å². The molecule has 1 aromatic carbocycles. The van der Waals surface area contributed by atoms with Crippen molar-refractivity contribution >= 4 is 5.91 Å². The highest BCUT2D eigenvalue weighted by Gasteiger charge is 2.44. The molecule has 114 valence electrons. The molecule has 0 aromatic heterocycles. The molecule has 4 unspecified atom stereocenters. The lowest BCUT2D eigenvalue weighted by atomic mass is 10.1. The van der Waals surface area contributed by atoms with Crippen LogP contribution in [0.25, 0.3) is 0 Å². The molecule has 2 heterocycles. The van der Waals surface area contributed by atoms with Crippen LogP contribution in [0.4, 0.5) is 8.78 Å². The first kappa shape index (κ1) is 14.4. The first-order valence-corrected chi connectivity index (χ1v) is 7.14. The SMILES string of the molecule is CC1NC(c2ccc(F)c(F)c2)N(C2CCOC2C)C1=O. The molecule has 0 radical (unpaired) electrons. The van der Waals surface area contributed by atoms with Crippen molar-refractivity contribution in [3.63, 3.8) is 0 Å². The van der Waals surface area contributed by atoms with Gasteiger partial charge in [0.1, 0.15) is 6.17 Å². The van der Waals surface area contributed by atoms with Crippen LogP contribution < -0.4 is 5.32 Å². The van der Waals surface area contributed by atoms with Gasteiger partial charge in [-0.1, -0.05) is 6.07 Å². The van der Waals surface area contributed by atoms with Gasteiger partial charge < -0.3 is 9.64 Å². The van der Waals surface area contributed by atoms with E-state index in [0.717, 1.165) is 18.6 Å². The standard InChI is InChI=1S/C15H18F2N2O2/c1-8-15(20)19(13-5-6-21-9(13)2)14(18-8)10-3-4-11(16)12(17)7-10/h3-4,7-9,13-14,18H,5-6H2,1-2H3. The smallest absolute Gasteiger partial charge is 0.241 e. The van der Waals surface area contributed by atoms with Crippen molar-refractivity contribution < 1.29 is 18.3 Å². The highest BCUT2D eigenvalue weighted by molar-refractivity contribution is 5.84. The number of benzene rings is 1. The third-order valence-corrected chi connectivity index (χ3v) is 4.26. The van der Waals surface area contributed by atoms with Crippen molar-refractivity contribution in [1.82, 2.24) is 10.2 Å². The predicted molar refractivity (Wildman–Crippen MR) is 72.4 cm³/mol. The summed E-state index contributed by atoms with van der Waals surface area (Å²) in [5.74, 6) is -1.83. The highest BCUT2D eigenvalue weighted by atomic mass is 19.2. The Morgan fingerprint density at radius 2 is 2.05 bits per heavy atom. The average Bonchev–Trinajstić information content (AvgIpc) is 2.98. The normalized spacial score (nSPS) is 33.0. The first-order valence-electron chi connectivity index (χ1n) is 7.14. The number of rotatable bonds is 2. The summed E-state index contributed by atoms with van der Waals surface area (Å²) in [4.78, 5) is 14.1. The molecule has 2 aliphatic heterocycles. The third kappa shape index (κ3) is 2.42. The van der Waals surface area contributed by atoms with E-state index < -0.39 is 17.8 Å². The van der Waals surface area contributed by atoms with E-state index in [-0.39, 0.29) is 24.1 Å². The second-order valence-corrected chi connectivity index (χ2v) is 5.64. The summed E-state index contributed by atoms with van der Waals surface area (Å²) in [5.41, 5.74) is 0.547. The van der Waals surface area contributed by atoms with E-state index >= 15 is 0 Å². The maximum Gasteiger partial charge on any atom is 0.241 e. The summed E-state index contributed by atoms with van der Waals surface area (Å²) in [6.07, 6.45) is 0.243. The van der Waals surface area contributed by atoms with E-state index in [9.17, 15) is 13.6 Å². The molecule has 1 N–H and O–H groups in total. The van der Waals surface area contributed by atoms with Crippen LogP contribution in [0.3, 0.4) is 0 Å².